The second-order valence-electron chi connectivity index (χ2n) is 7.87. The van der Waals surface area contributed by atoms with Gasteiger partial charge >= 0.3 is 0 Å². The van der Waals surface area contributed by atoms with Gasteiger partial charge in [-0.25, -0.2) is 0 Å². The average Bonchev–Trinajstić information content (AvgIpc) is 3.11. The van der Waals surface area contributed by atoms with E-state index in [9.17, 15) is 4.79 Å². The van der Waals surface area contributed by atoms with E-state index in [0.29, 0.717) is 0 Å². The summed E-state index contributed by atoms with van der Waals surface area (Å²) in [5, 5.41) is 4.83. The largest absolute Gasteiger partial charge is 0.379 e. The molecular weight excluding hydrogens is 350 g/mol. The molecule has 1 aromatic heterocycles. The lowest BCUT2D eigenvalue weighted by Gasteiger charge is -2.19. The molecule has 142 valence electrons. The Labute approximate surface area is 166 Å². The van der Waals surface area contributed by atoms with E-state index in [4.69, 9.17) is 0 Å². The summed E-state index contributed by atoms with van der Waals surface area (Å²) in [5.74, 6) is 0. The van der Waals surface area contributed by atoms with E-state index >= 15 is 0 Å². The normalized spacial score (nSPS) is 19.4. The minimum Gasteiger partial charge on any atom is -0.379 e. The molecule has 0 aliphatic heterocycles. The summed E-state index contributed by atoms with van der Waals surface area (Å²) in [6, 6.07) is 0. The predicted octanol–water partition coefficient (Wildman–Crippen LogP) is 6.40. The van der Waals surface area contributed by atoms with Crippen molar-refractivity contribution in [1.82, 2.24) is 0 Å². The fourth-order valence-electron chi connectivity index (χ4n) is 4.50. The minimum absolute atomic E-state index is 0.911. The number of rotatable bonds is 6. The van der Waals surface area contributed by atoms with Crippen molar-refractivity contribution in [3.8, 4) is 0 Å². The SMILES string of the molecule is CNc1sc2c(c1C1=CC=C(CCC3=CC=C(C=O)CC3)CC1)CCCC2. The third-order valence-corrected chi connectivity index (χ3v) is 7.45. The van der Waals surface area contributed by atoms with E-state index in [1.165, 1.54) is 53.8 Å². The van der Waals surface area contributed by atoms with Crippen molar-refractivity contribution < 1.29 is 4.79 Å². The molecule has 3 heteroatoms. The van der Waals surface area contributed by atoms with Gasteiger partial charge in [-0.1, -0.05) is 35.5 Å². The zero-order valence-electron chi connectivity index (χ0n) is 16.3. The molecule has 0 saturated heterocycles. The fraction of sp³-hybridized carbons (Fsp3) is 0.458. The van der Waals surface area contributed by atoms with Crippen LogP contribution in [0.2, 0.25) is 0 Å². The third kappa shape index (κ3) is 4.03. The molecule has 3 aliphatic rings. The lowest BCUT2D eigenvalue weighted by atomic mass is 9.86. The number of aldehydes is 1. The topological polar surface area (TPSA) is 29.1 Å². The fourth-order valence-corrected chi connectivity index (χ4v) is 5.78. The van der Waals surface area contributed by atoms with Crippen LogP contribution in [0.1, 0.15) is 67.4 Å². The quantitative estimate of drug-likeness (QED) is 0.580. The number of carbonyl (C=O) groups is 1. The number of fused-ring (bicyclic) bond motifs is 1. The van der Waals surface area contributed by atoms with Gasteiger partial charge in [0.05, 0.1) is 5.00 Å². The standard InChI is InChI=1S/C24H29NOS/c1-25-24-23(21-4-2-3-5-22(21)27-24)20-14-12-18(13-15-20)7-6-17-8-10-19(16-26)11-9-17/h8,10,12,14,16,25H,2-7,9,11,13,15H2,1H3. The van der Waals surface area contributed by atoms with Crippen molar-refractivity contribution >= 4 is 28.2 Å². The molecule has 0 radical (unpaired) electrons. The summed E-state index contributed by atoms with van der Waals surface area (Å²) in [5.41, 5.74) is 8.67. The van der Waals surface area contributed by atoms with Crippen molar-refractivity contribution in [2.75, 3.05) is 12.4 Å². The Morgan fingerprint density at radius 2 is 1.67 bits per heavy atom. The van der Waals surface area contributed by atoms with Gasteiger partial charge in [0, 0.05) is 17.5 Å². The molecule has 0 atom stereocenters. The molecule has 1 aromatic rings. The zero-order chi connectivity index (χ0) is 18.6. The van der Waals surface area contributed by atoms with Gasteiger partial charge in [-0.3, -0.25) is 4.79 Å². The molecule has 0 amide bonds. The van der Waals surface area contributed by atoms with Gasteiger partial charge in [-0.15, -0.1) is 11.3 Å². The Bertz CT molecular complexity index is 850. The summed E-state index contributed by atoms with van der Waals surface area (Å²) in [4.78, 5) is 12.4. The molecule has 1 heterocycles. The van der Waals surface area contributed by atoms with Gasteiger partial charge in [-0.2, -0.15) is 0 Å². The number of carbonyl (C=O) groups excluding carboxylic acids is 1. The number of aryl methyl sites for hydroxylation is 1. The van der Waals surface area contributed by atoms with E-state index < -0.39 is 0 Å². The summed E-state index contributed by atoms with van der Waals surface area (Å²) < 4.78 is 0. The van der Waals surface area contributed by atoms with Crippen LogP contribution in [-0.4, -0.2) is 13.3 Å². The van der Waals surface area contributed by atoms with Crippen LogP contribution in [0.15, 0.2) is 41.0 Å². The highest BCUT2D eigenvalue weighted by Crippen LogP contribution is 2.44. The van der Waals surface area contributed by atoms with Crippen molar-refractivity contribution in [1.29, 1.82) is 0 Å². The van der Waals surface area contributed by atoms with Crippen LogP contribution >= 0.6 is 11.3 Å². The molecule has 2 nitrogen and oxygen atoms in total. The molecule has 0 saturated carbocycles. The highest BCUT2D eigenvalue weighted by Gasteiger charge is 2.23. The maximum absolute atomic E-state index is 10.8. The lowest BCUT2D eigenvalue weighted by molar-refractivity contribution is -0.105. The van der Waals surface area contributed by atoms with E-state index in [2.05, 4.69) is 30.6 Å². The number of hydrogen-bond acceptors (Lipinski definition) is 3. The second-order valence-corrected chi connectivity index (χ2v) is 8.97. The number of thiophene rings is 1. The zero-order valence-corrected chi connectivity index (χ0v) is 17.1. The lowest BCUT2D eigenvalue weighted by Crippen LogP contribution is -2.03. The highest BCUT2D eigenvalue weighted by molar-refractivity contribution is 7.16. The summed E-state index contributed by atoms with van der Waals surface area (Å²) in [6.07, 6.45) is 21.7. The molecular formula is C24H29NOS. The van der Waals surface area contributed by atoms with Crippen LogP contribution in [-0.2, 0) is 17.6 Å². The van der Waals surface area contributed by atoms with Gasteiger partial charge in [0.2, 0.25) is 0 Å². The summed E-state index contributed by atoms with van der Waals surface area (Å²) >= 11 is 1.98. The second kappa shape index (κ2) is 8.43. The first-order valence-electron chi connectivity index (χ1n) is 10.3. The minimum atomic E-state index is 0.911. The first-order valence-corrected chi connectivity index (χ1v) is 11.1. The molecule has 4 rings (SSSR count). The van der Waals surface area contributed by atoms with E-state index in [-0.39, 0.29) is 0 Å². The molecule has 0 fully saturated rings. The molecule has 27 heavy (non-hydrogen) atoms. The van der Waals surface area contributed by atoms with Gasteiger partial charge in [0.25, 0.3) is 0 Å². The third-order valence-electron chi connectivity index (χ3n) is 6.14. The maximum Gasteiger partial charge on any atom is 0.146 e. The Hall–Kier alpha value is -1.87. The van der Waals surface area contributed by atoms with Crippen LogP contribution < -0.4 is 5.32 Å². The van der Waals surface area contributed by atoms with Gasteiger partial charge < -0.3 is 5.32 Å². The first kappa shape index (κ1) is 18.5. The predicted molar refractivity (Wildman–Crippen MR) is 116 cm³/mol. The molecule has 3 aliphatic carbocycles. The highest BCUT2D eigenvalue weighted by atomic mass is 32.1. The monoisotopic (exact) mass is 379 g/mol. The van der Waals surface area contributed by atoms with Crippen molar-refractivity contribution in [3.63, 3.8) is 0 Å². The molecule has 0 aromatic carbocycles. The van der Waals surface area contributed by atoms with Crippen LogP contribution in [0.3, 0.4) is 0 Å². The van der Waals surface area contributed by atoms with E-state index in [0.717, 1.165) is 44.0 Å². The van der Waals surface area contributed by atoms with Crippen LogP contribution in [0.25, 0.3) is 5.57 Å². The van der Waals surface area contributed by atoms with Gasteiger partial charge in [0.1, 0.15) is 6.29 Å². The Balaban J connectivity index is 1.46. The van der Waals surface area contributed by atoms with Crippen molar-refractivity contribution in [2.45, 2.75) is 64.2 Å². The molecule has 1 N–H and O–H groups in total. The molecule has 0 spiro atoms. The van der Waals surface area contributed by atoms with Crippen LogP contribution in [0.5, 0.6) is 0 Å². The first-order chi connectivity index (χ1) is 13.3. The number of anilines is 1. The average molecular weight is 380 g/mol. The van der Waals surface area contributed by atoms with Gasteiger partial charge in [0.15, 0.2) is 0 Å². The van der Waals surface area contributed by atoms with Crippen LogP contribution in [0.4, 0.5) is 5.00 Å². The maximum atomic E-state index is 10.8. The summed E-state index contributed by atoms with van der Waals surface area (Å²) in [6.45, 7) is 0. The van der Waals surface area contributed by atoms with Gasteiger partial charge in [-0.05, 0) is 80.9 Å². The number of allylic oxidation sites excluding steroid dienone is 8. The Morgan fingerprint density at radius 3 is 2.30 bits per heavy atom. The van der Waals surface area contributed by atoms with Crippen molar-refractivity contribution in [3.05, 3.63) is 57.0 Å². The van der Waals surface area contributed by atoms with E-state index in [1.807, 2.05) is 17.4 Å². The van der Waals surface area contributed by atoms with Crippen LogP contribution in [0, 0.1) is 0 Å². The molecule has 0 unspecified atom stereocenters. The number of hydrogen-bond donors (Lipinski definition) is 1. The Morgan fingerprint density at radius 1 is 0.926 bits per heavy atom. The molecule has 0 bridgehead atoms. The number of nitrogens with one attached hydrogen (secondary N) is 1. The smallest absolute Gasteiger partial charge is 0.146 e. The summed E-state index contributed by atoms with van der Waals surface area (Å²) in [7, 11) is 2.06. The van der Waals surface area contributed by atoms with E-state index in [1.54, 1.807) is 16.0 Å². The van der Waals surface area contributed by atoms with Crippen molar-refractivity contribution in [2.24, 2.45) is 0 Å². The Kier molecular flexibility index (Phi) is 5.77.